The van der Waals surface area contributed by atoms with Crippen LogP contribution in [0.4, 0.5) is 10.5 Å². The summed E-state index contributed by atoms with van der Waals surface area (Å²) in [6.45, 7) is 6.06. The highest BCUT2D eigenvalue weighted by atomic mass is 16.5. The second-order valence-corrected chi connectivity index (χ2v) is 9.35. The number of alkyl carbamates (subject to hydrolysis) is 1. The van der Waals surface area contributed by atoms with E-state index >= 15 is 0 Å². The predicted molar refractivity (Wildman–Crippen MR) is 117 cm³/mol. The number of fused-ring (bicyclic) bond motifs is 1. The first-order valence-electron chi connectivity index (χ1n) is 11.0. The van der Waals surface area contributed by atoms with E-state index in [2.05, 4.69) is 16.0 Å². The molecule has 32 heavy (non-hydrogen) atoms. The van der Waals surface area contributed by atoms with E-state index in [0.29, 0.717) is 37.1 Å². The van der Waals surface area contributed by atoms with E-state index in [-0.39, 0.29) is 30.5 Å². The topological polar surface area (TPSA) is 143 Å². The highest BCUT2D eigenvalue weighted by Gasteiger charge is 2.40. The van der Waals surface area contributed by atoms with Crippen molar-refractivity contribution in [1.82, 2.24) is 15.5 Å². The number of carbonyl (C=O) groups excluding carboxylic acids is 2. The number of nitrogens with one attached hydrogen (secondary N) is 3. The molecule has 1 fully saturated rings. The zero-order chi connectivity index (χ0) is 23.5. The molecule has 3 rings (SSSR count). The summed E-state index contributed by atoms with van der Waals surface area (Å²) in [5, 5.41) is 39.0. The van der Waals surface area contributed by atoms with Gasteiger partial charge in [0.1, 0.15) is 18.7 Å². The normalized spacial score (nSPS) is 25.8. The largest absolute Gasteiger partial charge is 0.450 e. The van der Waals surface area contributed by atoms with Crippen molar-refractivity contribution in [2.24, 2.45) is 0 Å². The summed E-state index contributed by atoms with van der Waals surface area (Å²) in [4.78, 5) is 25.8. The number of aliphatic hydroxyl groups excluding tert-OH is 3. The Labute approximate surface area is 187 Å². The zero-order valence-electron chi connectivity index (χ0n) is 18.8. The molecular formula is C22H34N4O6. The lowest BCUT2D eigenvalue weighted by Crippen LogP contribution is -2.56. The molecule has 4 atom stereocenters. The van der Waals surface area contributed by atoms with Gasteiger partial charge in [-0.05, 0) is 51.7 Å². The van der Waals surface area contributed by atoms with Crippen molar-refractivity contribution in [2.45, 2.75) is 83.3 Å². The van der Waals surface area contributed by atoms with E-state index in [1.54, 1.807) is 23.1 Å². The van der Waals surface area contributed by atoms with Gasteiger partial charge in [0.25, 0.3) is 0 Å². The van der Waals surface area contributed by atoms with Gasteiger partial charge in [0.05, 0.1) is 12.6 Å². The fourth-order valence-electron chi connectivity index (χ4n) is 4.06. The van der Waals surface area contributed by atoms with Gasteiger partial charge in [0.15, 0.2) is 0 Å². The Morgan fingerprint density at radius 3 is 2.66 bits per heavy atom. The quantitative estimate of drug-likeness (QED) is 0.354. The molecule has 2 aliphatic rings. The van der Waals surface area contributed by atoms with Gasteiger partial charge in [-0.3, -0.25) is 15.0 Å². The highest BCUT2D eigenvalue weighted by Crippen LogP contribution is 2.39. The van der Waals surface area contributed by atoms with Crippen LogP contribution in [0.5, 0.6) is 0 Å². The summed E-state index contributed by atoms with van der Waals surface area (Å²) in [7, 11) is 0. The Morgan fingerprint density at radius 1 is 1.22 bits per heavy atom. The maximum Gasteiger partial charge on any atom is 0.407 e. The Hall–Kier alpha value is -2.24. The van der Waals surface area contributed by atoms with E-state index in [0.717, 1.165) is 5.56 Å². The number of ether oxygens (including phenoxy) is 1. The molecule has 0 saturated carbocycles. The number of benzene rings is 1. The number of nitrogens with zero attached hydrogens (tertiary/aromatic N) is 1. The lowest BCUT2D eigenvalue weighted by atomic mass is 10.0. The third-order valence-electron chi connectivity index (χ3n) is 5.57. The molecule has 1 aromatic rings. The third kappa shape index (κ3) is 6.17. The molecule has 0 spiro atoms. The fourth-order valence-corrected chi connectivity index (χ4v) is 4.06. The van der Waals surface area contributed by atoms with Gasteiger partial charge in [0.2, 0.25) is 5.91 Å². The van der Waals surface area contributed by atoms with Gasteiger partial charge in [-0.15, -0.1) is 0 Å². The molecule has 4 unspecified atom stereocenters. The molecule has 6 N–H and O–H groups in total. The zero-order valence-corrected chi connectivity index (χ0v) is 18.8. The molecule has 1 aromatic carbocycles. The van der Waals surface area contributed by atoms with Crippen LogP contribution in [-0.2, 0) is 16.1 Å². The van der Waals surface area contributed by atoms with Crippen molar-refractivity contribution < 1.29 is 29.6 Å². The molecule has 10 nitrogen and oxygen atoms in total. The molecular weight excluding hydrogens is 416 g/mol. The Morgan fingerprint density at radius 2 is 1.97 bits per heavy atom. The molecule has 10 heteroatoms. The highest BCUT2D eigenvalue weighted by molar-refractivity contribution is 5.91. The standard InChI is InChI=1S/C22H34N4O6/c1-22(2,3)25-21(31)32-11-5-8-17(27)23-15-7-4-6-13-14(15)12-26(20(13)30)16-9-10-18(28)24-19(16)29/h4,6-7,16,18-20,24,28-30H,5,8-12H2,1-3H3,(H,23,27)(H,25,31). The van der Waals surface area contributed by atoms with Crippen LogP contribution in [0.2, 0.25) is 0 Å². The van der Waals surface area contributed by atoms with Crippen LogP contribution >= 0.6 is 0 Å². The van der Waals surface area contributed by atoms with Crippen LogP contribution < -0.4 is 16.0 Å². The van der Waals surface area contributed by atoms with Crippen LogP contribution in [0.15, 0.2) is 18.2 Å². The van der Waals surface area contributed by atoms with Crippen LogP contribution in [-0.4, -0.2) is 62.9 Å². The predicted octanol–water partition coefficient (Wildman–Crippen LogP) is 1.13. The van der Waals surface area contributed by atoms with E-state index < -0.39 is 24.8 Å². The maximum absolute atomic E-state index is 12.4. The summed E-state index contributed by atoms with van der Waals surface area (Å²) in [6, 6.07) is 4.98. The number of amides is 2. The van der Waals surface area contributed by atoms with Crippen molar-refractivity contribution in [2.75, 3.05) is 11.9 Å². The Bertz CT molecular complexity index is 827. The molecule has 2 amide bonds. The number of carbonyl (C=O) groups is 2. The van der Waals surface area contributed by atoms with E-state index in [1.165, 1.54) is 0 Å². The third-order valence-corrected chi connectivity index (χ3v) is 5.57. The minimum atomic E-state index is -0.962. The van der Waals surface area contributed by atoms with Crippen LogP contribution in [0.3, 0.4) is 0 Å². The van der Waals surface area contributed by atoms with Crippen molar-refractivity contribution in [3.8, 4) is 0 Å². The monoisotopic (exact) mass is 450 g/mol. The number of hydrogen-bond donors (Lipinski definition) is 6. The second kappa shape index (κ2) is 10.1. The van der Waals surface area contributed by atoms with E-state index in [4.69, 9.17) is 4.74 Å². The first-order valence-corrected chi connectivity index (χ1v) is 11.0. The van der Waals surface area contributed by atoms with Crippen molar-refractivity contribution in [3.63, 3.8) is 0 Å². The molecule has 0 bridgehead atoms. The number of piperidine rings is 1. The molecule has 0 aliphatic carbocycles. The van der Waals surface area contributed by atoms with Gasteiger partial charge >= 0.3 is 6.09 Å². The molecule has 1 saturated heterocycles. The second-order valence-electron chi connectivity index (χ2n) is 9.35. The fraction of sp³-hybridized carbons (Fsp3) is 0.636. The average molecular weight is 451 g/mol. The summed E-state index contributed by atoms with van der Waals surface area (Å²) < 4.78 is 5.09. The smallest absolute Gasteiger partial charge is 0.407 e. The molecule has 2 heterocycles. The number of anilines is 1. The molecule has 2 aliphatic heterocycles. The lowest BCUT2D eigenvalue weighted by molar-refractivity contribution is -0.116. The lowest BCUT2D eigenvalue weighted by Gasteiger charge is -2.39. The number of hydrogen-bond acceptors (Lipinski definition) is 8. The summed E-state index contributed by atoms with van der Waals surface area (Å²) in [5.41, 5.74) is 1.71. The average Bonchev–Trinajstić information content (AvgIpc) is 3.02. The van der Waals surface area contributed by atoms with Crippen molar-refractivity contribution in [1.29, 1.82) is 0 Å². The summed E-state index contributed by atoms with van der Waals surface area (Å²) >= 11 is 0. The summed E-state index contributed by atoms with van der Waals surface area (Å²) in [6.07, 6.45) is -1.57. The first kappa shape index (κ1) is 24.4. The molecule has 0 radical (unpaired) electrons. The Balaban J connectivity index is 1.53. The number of rotatable bonds is 6. The van der Waals surface area contributed by atoms with Gasteiger partial charge in [-0.25, -0.2) is 4.79 Å². The maximum atomic E-state index is 12.4. The van der Waals surface area contributed by atoms with E-state index in [1.807, 2.05) is 20.8 Å². The van der Waals surface area contributed by atoms with Crippen molar-refractivity contribution in [3.05, 3.63) is 29.3 Å². The Kier molecular flexibility index (Phi) is 7.73. The summed E-state index contributed by atoms with van der Waals surface area (Å²) in [5.74, 6) is -0.214. The number of aliphatic hydroxyl groups is 3. The minimum absolute atomic E-state index is 0.132. The minimum Gasteiger partial charge on any atom is -0.450 e. The van der Waals surface area contributed by atoms with Gasteiger partial charge in [0, 0.05) is 29.8 Å². The molecule has 0 aromatic heterocycles. The van der Waals surface area contributed by atoms with Gasteiger partial charge < -0.3 is 30.7 Å². The molecule has 178 valence electrons. The van der Waals surface area contributed by atoms with Gasteiger partial charge in [-0.1, -0.05) is 12.1 Å². The van der Waals surface area contributed by atoms with Crippen molar-refractivity contribution >= 4 is 17.7 Å². The van der Waals surface area contributed by atoms with Crippen LogP contribution in [0.1, 0.15) is 63.8 Å². The van der Waals surface area contributed by atoms with Crippen LogP contribution in [0.25, 0.3) is 0 Å². The van der Waals surface area contributed by atoms with Gasteiger partial charge in [-0.2, -0.15) is 0 Å². The van der Waals surface area contributed by atoms with Crippen LogP contribution in [0, 0.1) is 0 Å². The first-order chi connectivity index (χ1) is 15.0. The SMILES string of the molecule is CC(C)(C)NC(=O)OCCCC(=O)Nc1cccc2c1CN(C1CCC(O)NC1O)C2O. The van der Waals surface area contributed by atoms with E-state index in [9.17, 15) is 24.9 Å².